The van der Waals surface area contributed by atoms with E-state index in [0.29, 0.717) is 6.61 Å². The topological polar surface area (TPSA) is 41.9 Å². The molecule has 0 saturated carbocycles. The van der Waals surface area contributed by atoms with Gasteiger partial charge in [-0.1, -0.05) is 0 Å². The first-order valence-electron chi connectivity index (χ1n) is 5.09. The summed E-state index contributed by atoms with van der Waals surface area (Å²) in [6.07, 6.45) is -0.453. The number of hydrogen-bond acceptors (Lipinski definition) is 4. The first kappa shape index (κ1) is 11.9. The van der Waals surface area contributed by atoms with Crippen molar-refractivity contribution in [2.75, 3.05) is 40.0 Å². The lowest BCUT2D eigenvalue weighted by Gasteiger charge is -2.43. The van der Waals surface area contributed by atoms with Crippen LogP contribution in [-0.2, 0) is 9.47 Å². The quantitative estimate of drug-likeness (QED) is 0.704. The molecule has 1 aliphatic rings. The number of methoxy groups -OCH3 is 1. The van der Waals surface area contributed by atoms with Gasteiger partial charge in [-0.05, 0) is 13.8 Å². The van der Waals surface area contributed by atoms with E-state index in [2.05, 4.69) is 4.90 Å². The monoisotopic (exact) mass is 203 g/mol. The van der Waals surface area contributed by atoms with Gasteiger partial charge in [-0.3, -0.25) is 4.90 Å². The van der Waals surface area contributed by atoms with Gasteiger partial charge < -0.3 is 14.6 Å². The molecule has 4 heteroatoms. The Bertz CT molecular complexity index is 167. The summed E-state index contributed by atoms with van der Waals surface area (Å²) in [5, 5.41) is 9.92. The van der Waals surface area contributed by atoms with Gasteiger partial charge in [0.05, 0.1) is 25.9 Å². The van der Waals surface area contributed by atoms with Gasteiger partial charge in [0.2, 0.25) is 0 Å². The van der Waals surface area contributed by atoms with Gasteiger partial charge in [-0.25, -0.2) is 0 Å². The predicted molar refractivity (Wildman–Crippen MR) is 54.4 cm³/mol. The molecule has 0 spiro atoms. The van der Waals surface area contributed by atoms with E-state index in [1.807, 2.05) is 13.8 Å². The second kappa shape index (κ2) is 5.07. The average molecular weight is 203 g/mol. The van der Waals surface area contributed by atoms with E-state index >= 15 is 0 Å². The fourth-order valence-corrected chi connectivity index (χ4v) is 1.71. The second-order valence-electron chi connectivity index (χ2n) is 4.22. The van der Waals surface area contributed by atoms with Crippen LogP contribution in [0.2, 0.25) is 0 Å². The van der Waals surface area contributed by atoms with E-state index in [-0.39, 0.29) is 5.54 Å². The highest BCUT2D eigenvalue weighted by Crippen LogP contribution is 2.20. The molecule has 84 valence electrons. The molecule has 1 N–H and O–H groups in total. The van der Waals surface area contributed by atoms with Crippen molar-refractivity contribution >= 4 is 0 Å². The number of morpholine rings is 1. The molecule has 0 aromatic rings. The maximum absolute atomic E-state index is 9.92. The standard InChI is InChI=1S/C10H21NO3/c1-10(2,9(12)8-13-3)11-4-6-14-7-5-11/h9,12H,4-8H2,1-3H3. The van der Waals surface area contributed by atoms with Crippen LogP contribution < -0.4 is 0 Å². The van der Waals surface area contributed by atoms with Crippen molar-refractivity contribution in [1.29, 1.82) is 0 Å². The van der Waals surface area contributed by atoms with Crippen molar-refractivity contribution in [1.82, 2.24) is 4.90 Å². The van der Waals surface area contributed by atoms with Gasteiger partial charge in [-0.15, -0.1) is 0 Å². The summed E-state index contributed by atoms with van der Waals surface area (Å²) in [5.74, 6) is 0. The Hall–Kier alpha value is -0.160. The van der Waals surface area contributed by atoms with Gasteiger partial charge in [0, 0.05) is 25.7 Å². The molecule has 14 heavy (non-hydrogen) atoms. The summed E-state index contributed by atoms with van der Waals surface area (Å²) in [6.45, 7) is 7.74. The molecule has 0 aromatic heterocycles. The number of hydrogen-bond donors (Lipinski definition) is 1. The molecule has 4 nitrogen and oxygen atoms in total. The maximum Gasteiger partial charge on any atom is 0.0951 e. The van der Waals surface area contributed by atoms with Crippen molar-refractivity contribution < 1.29 is 14.6 Å². The summed E-state index contributed by atoms with van der Waals surface area (Å²) < 4.78 is 10.3. The molecular formula is C10H21NO3. The molecule has 1 rings (SSSR count). The van der Waals surface area contributed by atoms with Crippen molar-refractivity contribution in [2.24, 2.45) is 0 Å². The molecule has 0 aliphatic carbocycles. The number of aliphatic hydroxyl groups is 1. The summed E-state index contributed by atoms with van der Waals surface area (Å²) >= 11 is 0. The fourth-order valence-electron chi connectivity index (χ4n) is 1.71. The molecule has 1 fully saturated rings. The zero-order chi connectivity index (χ0) is 10.6. The molecule has 0 radical (unpaired) electrons. The predicted octanol–water partition coefficient (Wildman–Crippen LogP) is 0.105. The van der Waals surface area contributed by atoms with E-state index in [0.717, 1.165) is 26.3 Å². The Morgan fingerprint density at radius 3 is 2.50 bits per heavy atom. The third kappa shape index (κ3) is 2.67. The van der Waals surface area contributed by atoms with Crippen LogP contribution in [0.15, 0.2) is 0 Å². The molecule has 1 unspecified atom stereocenters. The highest BCUT2D eigenvalue weighted by molar-refractivity contribution is 4.89. The van der Waals surface area contributed by atoms with Crippen LogP contribution in [-0.4, -0.2) is 61.7 Å². The second-order valence-corrected chi connectivity index (χ2v) is 4.22. The van der Waals surface area contributed by atoms with Gasteiger partial charge in [0.1, 0.15) is 0 Å². The Morgan fingerprint density at radius 1 is 1.43 bits per heavy atom. The van der Waals surface area contributed by atoms with Crippen LogP contribution in [0, 0.1) is 0 Å². The van der Waals surface area contributed by atoms with E-state index in [1.165, 1.54) is 0 Å². The summed E-state index contributed by atoms with van der Waals surface area (Å²) in [4.78, 5) is 2.25. The first-order valence-corrected chi connectivity index (χ1v) is 5.09. The van der Waals surface area contributed by atoms with Crippen molar-refractivity contribution in [3.8, 4) is 0 Å². The number of nitrogens with zero attached hydrogens (tertiary/aromatic N) is 1. The molecule has 1 aliphatic heterocycles. The molecule has 1 heterocycles. The van der Waals surface area contributed by atoms with E-state index in [1.54, 1.807) is 7.11 Å². The average Bonchev–Trinajstić information content (AvgIpc) is 2.19. The Morgan fingerprint density at radius 2 is 2.00 bits per heavy atom. The third-order valence-electron chi connectivity index (χ3n) is 2.97. The van der Waals surface area contributed by atoms with Crippen LogP contribution in [0.1, 0.15) is 13.8 Å². The normalized spacial score (nSPS) is 22.3. The van der Waals surface area contributed by atoms with E-state index in [4.69, 9.17) is 9.47 Å². The summed E-state index contributed by atoms with van der Waals surface area (Å²) in [6, 6.07) is 0. The number of ether oxygens (including phenoxy) is 2. The molecule has 0 aromatic carbocycles. The zero-order valence-electron chi connectivity index (χ0n) is 9.32. The van der Waals surface area contributed by atoms with E-state index in [9.17, 15) is 5.11 Å². The lowest BCUT2D eigenvalue weighted by molar-refractivity contribution is -0.0812. The molecular weight excluding hydrogens is 182 g/mol. The van der Waals surface area contributed by atoms with Gasteiger partial charge >= 0.3 is 0 Å². The van der Waals surface area contributed by atoms with Crippen LogP contribution in [0.3, 0.4) is 0 Å². The lowest BCUT2D eigenvalue weighted by Crippen LogP contribution is -2.57. The van der Waals surface area contributed by atoms with Gasteiger partial charge in [0.25, 0.3) is 0 Å². The molecule has 1 atom stereocenters. The largest absolute Gasteiger partial charge is 0.389 e. The first-order chi connectivity index (χ1) is 6.59. The van der Waals surface area contributed by atoms with Crippen LogP contribution >= 0.6 is 0 Å². The van der Waals surface area contributed by atoms with Crippen LogP contribution in [0.5, 0.6) is 0 Å². The Balaban J connectivity index is 2.52. The smallest absolute Gasteiger partial charge is 0.0951 e. The number of aliphatic hydroxyl groups excluding tert-OH is 1. The molecule has 0 amide bonds. The Labute approximate surface area is 85.8 Å². The minimum Gasteiger partial charge on any atom is -0.389 e. The summed E-state index contributed by atoms with van der Waals surface area (Å²) in [7, 11) is 1.61. The van der Waals surface area contributed by atoms with Crippen molar-refractivity contribution in [3.63, 3.8) is 0 Å². The van der Waals surface area contributed by atoms with Crippen molar-refractivity contribution in [2.45, 2.75) is 25.5 Å². The van der Waals surface area contributed by atoms with Crippen LogP contribution in [0.4, 0.5) is 0 Å². The lowest BCUT2D eigenvalue weighted by atomic mass is 9.95. The highest BCUT2D eigenvalue weighted by Gasteiger charge is 2.34. The third-order valence-corrected chi connectivity index (χ3v) is 2.97. The van der Waals surface area contributed by atoms with Gasteiger partial charge in [-0.2, -0.15) is 0 Å². The van der Waals surface area contributed by atoms with Gasteiger partial charge in [0.15, 0.2) is 0 Å². The Kier molecular flexibility index (Phi) is 4.31. The summed E-state index contributed by atoms with van der Waals surface area (Å²) in [5.41, 5.74) is -0.236. The SMILES string of the molecule is COCC(O)C(C)(C)N1CCOCC1. The highest BCUT2D eigenvalue weighted by atomic mass is 16.5. The fraction of sp³-hybridized carbons (Fsp3) is 1.00. The zero-order valence-corrected chi connectivity index (χ0v) is 9.32. The van der Waals surface area contributed by atoms with E-state index < -0.39 is 6.10 Å². The number of rotatable bonds is 4. The minimum absolute atomic E-state index is 0.236. The minimum atomic E-state index is -0.453. The van der Waals surface area contributed by atoms with Crippen LogP contribution in [0.25, 0.3) is 0 Å². The molecule has 0 bridgehead atoms. The molecule has 1 saturated heterocycles. The van der Waals surface area contributed by atoms with Crippen molar-refractivity contribution in [3.05, 3.63) is 0 Å². The maximum atomic E-state index is 9.92.